The van der Waals surface area contributed by atoms with Gasteiger partial charge in [0.2, 0.25) is 11.8 Å². The number of likely N-dealkylation sites (tertiary alicyclic amines) is 1. The second kappa shape index (κ2) is 8.55. The van der Waals surface area contributed by atoms with Crippen LogP contribution in [0.15, 0.2) is 54.6 Å². The Morgan fingerprint density at radius 1 is 1.11 bits per heavy atom. The van der Waals surface area contributed by atoms with Crippen LogP contribution < -0.4 is 5.32 Å². The summed E-state index contributed by atoms with van der Waals surface area (Å²) in [5, 5.41) is 2.98. The minimum absolute atomic E-state index is 0.0186. The average Bonchev–Trinajstić information content (AvgIpc) is 3.18. The van der Waals surface area contributed by atoms with Crippen molar-refractivity contribution in [3.05, 3.63) is 71.5 Å². The molecule has 1 N–H and O–H groups in total. The fourth-order valence-corrected chi connectivity index (χ4v) is 3.76. The molecule has 148 valence electrons. The van der Waals surface area contributed by atoms with Gasteiger partial charge in [0.25, 0.3) is 0 Å². The Morgan fingerprint density at radius 3 is 2.50 bits per heavy atom. The van der Waals surface area contributed by atoms with Gasteiger partial charge in [-0.25, -0.2) is 4.39 Å². The van der Waals surface area contributed by atoms with Crippen LogP contribution in [0.4, 0.5) is 4.39 Å². The zero-order valence-corrected chi connectivity index (χ0v) is 16.5. The highest BCUT2D eigenvalue weighted by Gasteiger charge is 2.39. The molecule has 2 aromatic rings. The van der Waals surface area contributed by atoms with Gasteiger partial charge in [0.15, 0.2) is 0 Å². The molecule has 1 atom stereocenters. The van der Waals surface area contributed by atoms with E-state index in [0.29, 0.717) is 31.6 Å². The molecule has 1 aliphatic rings. The first kappa shape index (κ1) is 20.1. The van der Waals surface area contributed by atoms with Gasteiger partial charge in [0, 0.05) is 25.2 Å². The number of carbonyl (C=O) groups is 2. The van der Waals surface area contributed by atoms with Crippen molar-refractivity contribution < 1.29 is 14.0 Å². The van der Waals surface area contributed by atoms with Crippen LogP contribution in [-0.4, -0.2) is 36.3 Å². The quantitative estimate of drug-likeness (QED) is 0.833. The normalized spacial score (nSPS) is 16.8. The first-order valence-corrected chi connectivity index (χ1v) is 9.75. The maximum Gasteiger partial charge on any atom is 0.232 e. The maximum absolute atomic E-state index is 14.2. The molecule has 1 saturated heterocycles. The van der Waals surface area contributed by atoms with Gasteiger partial charge in [0.05, 0.1) is 11.3 Å². The molecule has 2 aromatic carbocycles. The first-order valence-electron chi connectivity index (χ1n) is 9.75. The van der Waals surface area contributed by atoms with Crippen molar-refractivity contribution in [1.29, 1.82) is 0 Å². The van der Waals surface area contributed by atoms with Gasteiger partial charge in [-0.3, -0.25) is 9.59 Å². The molecular formula is C23H27FN2O2. The standard InChI is InChI=1S/C23H27FN2O2/c1-23(2,19-10-6-7-11-20(19)24)22(28)26-15-13-18(16-26)21(27)25-14-12-17-8-4-3-5-9-17/h3-11,18H,12-16H2,1-2H3,(H,25,27). The minimum atomic E-state index is -0.968. The van der Waals surface area contributed by atoms with Crippen molar-refractivity contribution in [2.45, 2.75) is 32.1 Å². The zero-order valence-electron chi connectivity index (χ0n) is 16.5. The van der Waals surface area contributed by atoms with Crippen LogP contribution in [0.1, 0.15) is 31.4 Å². The molecule has 4 nitrogen and oxygen atoms in total. The summed E-state index contributed by atoms with van der Waals surface area (Å²) in [6.45, 7) is 4.96. The highest BCUT2D eigenvalue weighted by atomic mass is 19.1. The van der Waals surface area contributed by atoms with E-state index in [0.717, 1.165) is 6.42 Å². The number of benzene rings is 2. The smallest absolute Gasteiger partial charge is 0.232 e. The number of hydrogen-bond donors (Lipinski definition) is 1. The molecule has 0 spiro atoms. The Bertz CT molecular complexity index is 836. The molecule has 0 aromatic heterocycles. The first-order chi connectivity index (χ1) is 13.4. The van der Waals surface area contributed by atoms with E-state index in [2.05, 4.69) is 5.32 Å². The van der Waals surface area contributed by atoms with Gasteiger partial charge < -0.3 is 10.2 Å². The summed E-state index contributed by atoms with van der Waals surface area (Å²) in [5.74, 6) is -0.751. The lowest BCUT2D eigenvalue weighted by molar-refractivity contribution is -0.135. The number of halogens is 1. The van der Waals surface area contributed by atoms with Crippen LogP contribution in [0.5, 0.6) is 0 Å². The minimum Gasteiger partial charge on any atom is -0.355 e. The Kier molecular flexibility index (Phi) is 6.12. The second-order valence-corrected chi connectivity index (χ2v) is 7.87. The Morgan fingerprint density at radius 2 is 1.79 bits per heavy atom. The molecule has 0 aliphatic carbocycles. The molecule has 0 saturated carbocycles. The van der Waals surface area contributed by atoms with Crippen molar-refractivity contribution in [3.8, 4) is 0 Å². The molecule has 3 rings (SSSR count). The van der Waals surface area contributed by atoms with Gasteiger partial charge in [-0.15, -0.1) is 0 Å². The summed E-state index contributed by atoms with van der Waals surface area (Å²) in [7, 11) is 0. The van der Waals surface area contributed by atoms with E-state index in [1.54, 1.807) is 36.9 Å². The average molecular weight is 382 g/mol. The highest BCUT2D eigenvalue weighted by molar-refractivity contribution is 5.89. The third-order valence-corrected chi connectivity index (χ3v) is 5.48. The lowest BCUT2D eigenvalue weighted by Gasteiger charge is -2.30. The third-order valence-electron chi connectivity index (χ3n) is 5.48. The Labute approximate surface area is 165 Å². The van der Waals surface area contributed by atoms with E-state index in [4.69, 9.17) is 0 Å². The molecule has 1 unspecified atom stereocenters. The fourth-order valence-electron chi connectivity index (χ4n) is 3.76. The van der Waals surface area contributed by atoms with E-state index < -0.39 is 5.41 Å². The lowest BCUT2D eigenvalue weighted by atomic mass is 9.83. The van der Waals surface area contributed by atoms with Gasteiger partial charge >= 0.3 is 0 Å². The summed E-state index contributed by atoms with van der Waals surface area (Å²) in [5.41, 5.74) is 0.595. The summed E-state index contributed by atoms with van der Waals surface area (Å²) in [4.78, 5) is 27.2. The zero-order chi connectivity index (χ0) is 20.1. The summed E-state index contributed by atoms with van der Waals surface area (Å²) < 4.78 is 14.2. The maximum atomic E-state index is 14.2. The molecule has 5 heteroatoms. The molecule has 1 heterocycles. The van der Waals surface area contributed by atoms with Crippen molar-refractivity contribution in [2.75, 3.05) is 19.6 Å². The van der Waals surface area contributed by atoms with Crippen LogP contribution in [0.3, 0.4) is 0 Å². The number of nitrogens with zero attached hydrogens (tertiary/aromatic N) is 1. The molecular weight excluding hydrogens is 355 g/mol. The highest BCUT2D eigenvalue weighted by Crippen LogP contribution is 2.30. The molecule has 1 aliphatic heterocycles. The predicted octanol–water partition coefficient (Wildman–Crippen LogP) is 3.31. The number of hydrogen-bond acceptors (Lipinski definition) is 2. The van der Waals surface area contributed by atoms with Crippen molar-refractivity contribution >= 4 is 11.8 Å². The van der Waals surface area contributed by atoms with E-state index in [-0.39, 0.29) is 23.5 Å². The van der Waals surface area contributed by atoms with Crippen LogP contribution in [0, 0.1) is 11.7 Å². The van der Waals surface area contributed by atoms with Gasteiger partial charge in [0.1, 0.15) is 5.82 Å². The monoisotopic (exact) mass is 382 g/mol. The Hall–Kier alpha value is -2.69. The van der Waals surface area contributed by atoms with E-state index in [1.807, 2.05) is 30.3 Å². The van der Waals surface area contributed by atoms with Gasteiger partial charge in [-0.05, 0) is 38.3 Å². The molecule has 2 amide bonds. The van der Waals surface area contributed by atoms with Crippen LogP contribution in [0.2, 0.25) is 0 Å². The number of nitrogens with one attached hydrogen (secondary N) is 1. The van der Waals surface area contributed by atoms with Crippen LogP contribution in [-0.2, 0) is 21.4 Å². The van der Waals surface area contributed by atoms with Crippen LogP contribution >= 0.6 is 0 Å². The van der Waals surface area contributed by atoms with Crippen molar-refractivity contribution in [2.24, 2.45) is 5.92 Å². The number of rotatable bonds is 6. The lowest BCUT2D eigenvalue weighted by Crippen LogP contribution is -2.43. The Balaban J connectivity index is 1.54. The van der Waals surface area contributed by atoms with Crippen molar-refractivity contribution in [1.82, 2.24) is 10.2 Å². The summed E-state index contributed by atoms with van der Waals surface area (Å²) >= 11 is 0. The van der Waals surface area contributed by atoms with Gasteiger partial charge in [-0.1, -0.05) is 48.5 Å². The molecule has 1 fully saturated rings. The fraction of sp³-hybridized carbons (Fsp3) is 0.391. The summed E-state index contributed by atoms with van der Waals surface area (Å²) in [6, 6.07) is 16.4. The predicted molar refractivity (Wildman–Crippen MR) is 107 cm³/mol. The summed E-state index contributed by atoms with van der Waals surface area (Å²) in [6.07, 6.45) is 1.42. The van der Waals surface area contributed by atoms with Gasteiger partial charge in [-0.2, -0.15) is 0 Å². The third kappa shape index (κ3) is 4.41. The number of amides is 2. The van der Waals surface area contributed by atoms with Crippen molar-refractivity contribution in [3.63, 3.8) is 0 Å². The molecule has 0 bridgehead atoms. The van der Waals surface area contributed by atoms with E-state index >= 15 is 0 Å². The molecule has 28 heavy (non-hydrogen) atoms. The number of carbonyl (C=O) groups excluding carboxylic acids is 2. The molecule has 0 radical (unpaired) electrons. The largest absolute Gasteiger partial charge is 0.355 e. The SMILES string of the molecule is CC(C)(C(=O)N1CCC(C(=O)NCCc2ccccc2)C1)c1ccccc1F. The second-order valence-electron chi connectivity index (χ2n) is 7.87. The van der Waals surface area contributed by atoms with E-state index in [9.17, 15) is 14.0 Å². The topological polar surface area (TPSA) is 49.4 Å². The van der Waals surface area contributed by atoms with E-state index in [1.165, 1.54) is 11.6 Å². The van der Waals surface area contributed by atoms with Crippen LogP contribution in [0.25, 0.3) is 0 Å².